The van der Waals surface area contributed by atoms with Crippen molar-refractivity contribution in [2.75, 3.05) is 0 Å². The molecule has 0 heterocycles. The first-order chi connectivity index (χ1) is 8.56. The van der Waals surface area contributed by atoms with Gasteiger partial charge in [-0.3, -0.25) is 0 Å². The second-order valence-electron chi connectivity index (χ2n) is 4.32. The van der Waals surface area contributed by atoms with E-state index < -0.39 is 0 Å². The van der Waals surface area contributed by atoms with Crippen LogP contribution in [0.4, 0.5) is 8.78 Å². The predicted molar refractivity (Wildman–Crippen MR) is 72.9 cm³/mol. The highest BCUT2D eigenvalue weighted by molar-refractivity contribution is 9.09. The van der Waals surface area contributed by atoms with Crippen LogP contribution in [0.1, 0.15) is 21.5 Å². The molecule has 0 saturated carbocycles. The molecule has 94 valence electrons. The van der Waals surface area contributed by atoms with Crippen molar-refractivity contribution >= 4 is 15.9 Å². The van der Waals surface area contributed by atoms with Gasteiger partial charge in [-0.25, -0.2) is 8.78 Å². The van der Waals surface area contributed by atoms with Gasteiger partial charge in [-0.2, -0.15) is 0 Å². The van der Waals surface area contributed by atoms with Crippen molar-refractivity contribution in [3.63, 3.8) is 0 Å². The van der Waals surface area contributed by atoms with E-state index in [4.69, 9.17) is 0 Å². The van der Waals surface area contributed by atoms with Crippen LogP contribution in [-0.4, -0.2) is 0 Å². The average molecular weight is 311 g/mol. The molecule has 0 bridgehead atoms. The Bertz CT molecular complexity index is 535. The Morgan fingerprint density at radius 3 is 2.39 bits per heavy atom. The molecule has 18 heavy (non-hydrogen) atoms. The van der Waals surface area contributed by atoms with Gasteiger partial charge in [-0.15, -0.1) is 0 Å². The minimum Gasteiger partial charge on any atom is -0.207 e. The van der Waals surface area contributed by atoms with E-state index in [1.54, 1.807) is 18.2 Å². The molecule has 2 aromatic carbocycles. The Hall–Kier alpha value is -1.22. The zero-order valence-corrected chi connectivity index (χ0v) is 11.5. The fraction of sp³-hybridized carbons (Fsp3) is 0.200. The van der Waals surface area contributed by atoms with Crippen LogP contribution in [0.15, 0.2) is 42.5 Å². The predicted octanol–water partition coefficient (Wildman–Crippen LogP) is 4.95. The van der Waals surface area contributed by atoms with E-state index >= 15 is 0 Å². The Morgan fingerprint density at radius 2 is 1.72 bits per heavy atom. The van der Waals surface area contributed by atoms with Gasteiger partial charge in [0, 0.05) is 10.4 Å². The maximum Gasteiger partial charge on any atom is 0.127 e. The third-order valence-corrected chi connectivity index (χ3v) is 3.63. The summed E-state index contributed by atoms with van der Waals surface area (Å²) in [5.41, 5.74) is 2.63. The van der Waals surface area contributed by atoms with Crippen LogP contribution in [0.2, 0.25) is 0 Å². The SMILES string of the molecule is Cc1ccc(F)c(C(Br)Cc2ccc(F)cc2)c1. The van der Waals surface area contributed by atoms with Crippen molar-refractivity contribution in [1.82, 2.24) is 0 Å². The van der Waals surface area contributed by atoms with Gasteiger partial charge in [0.15, 0.2) is 0 Å². The number of hydrogen-bond acceptors (Lipinski definition) is 0. The number of benzene rings is 2. The standard InChI is InChI=1S/C15H13BrF2/c1-10-2-7-15(18)13(8-10)14(16)9-11-3-5-12(17)6-4-11/h2-8,14H,9H2,1H3. The van der Waals surface area contributed by atoms with Gasteiger partial charge in [0.25, 0.3) is 0 Å². The van der Waals surface area contributed by atoms with Crippen molar-refractivity contribution in [1.29, 1.82) is 0 Å². The molecule has 0 radical (unpaired) electrons. The number of aryl methyl sites for hydroxylation is 1. The number of alkyl halides is 1. The normalized spacial score (nSPS) is 12.4. The van der Waals surface area contributed by atoms with Crippen molar-refractivity contribution < 1.29 is 8.78 Å². The average Bonchev–Trinajstić information content (AvgIpc) is 2.35. The van der Waals surface area contributed by atoms with E-state index in [1.165, 1.54) is 18.2 Å². The van der Waals surface area contributed by atoms with E-state index in [9.17, 15) is 8.78 Å². The summed E-state index contributed by atoms with van der Waals surface area (Å²) in [6, 6.07) is 11.3. The second-order valence-corrected chi connectivity index (χ2v) is 5.43. The van der Waals surface area contributed by atoms with E-state index in [0.29, 0.717) is 12.0 Å². The lowest BCUT2D eigenvalue weighted by Gasteiger charge is -2.12. The maximum atomic E-state index is 13.7. The molecule has 0 nitrogen and oxygen atoms in total. The molecule has 0 aliphatic heterocycles. The molecule has 2 aromatic rings. The molecule has 0 saturated heterocycles. The summed E-state index contributed by atoms with van der Waals surface area (Å²) < 4.78 is 26.5. The van der Waals surface area contributed by atoms with E-state index in [2.05, 4.69) is 15.9 Å². The highest BCUT2D eigenvalue weighted by Gasteiger charge is 2.13. The maximum absolute atomic E-state index is 13.7. The van der Waals surface area contributed by atoms with Gasteiger partial charge >= 0.3 is 0 Å². The Morgan fingerprint density at radius 1 is 1.06 bits per heavy atom. The van der Waals surface area contributed by atoms with E-state index in [0.717, 1.165) is 11.1 Å². The monoisotopic (exact) mass is 310 g/mol. The Balaban J connectivity index is 2.18. The smallest absolute Gasteiger partial charge is 0.127 e. The lowest BCUT2D eigenvalue weighted by atomic mass is 10.0. The zero-order valence-electron chi connectivity index (χ0n) is 9.96. The largest absolute Gasteiger partial charge is 0.207 e. The molecular formula is C15H13BrF2. The van der Waals surface area contributed by atoms with Crippen LogP contribution in [-0.2, 0) is 6.42 Å². The molecule has 1 atom stereocenters. The topological polar surface area (TPSA) is 0 Å². The van der Waals surface area contributed by atoms with Gasteiger partial charge in [0.05, 0.1) is 0 Å². The molecule has 0 aromatic heterocycles. The number of rotatable bonds is 3. The first-order valence-corrected chi connectivity index (χ1v) is 6.62. The highest BCUT2D eigenvalue weighted by atomic mass is 79.9. The summed E-state index contributed by atoms with van der Waals surface area (Å²) in [6.45, 7) is 1.93. The van der Waals surface area contributed by atoms with Crippen molar-refractivity contribution in [2.45, 2.75) is 18.2 Å². The summed E-state index contributed by atoms with van der Waals surface area (Å²) in [4.78, 5) is -0.108. The van der Waals surface area contributed by atoms with Crippen LogP contribution < -0.4 is 0 Å². The molecule has 0 fully saturated rings. The summed E-state index contributed by atoms with van der Waals surface area (Å²) in [5.74, 6) is -0.476. The molecule has 0 aliphatic carbocycles. The quantitative estimate of drug-likeness (QED) is 0.703. The van der Waals surface area contributed by atoms with E-state index in [-0.39, 0.29) is 16.5 Å². The van der Waals surface area contributed by atoms with Gasteiger partial charge in [0.2, 0.25) is 0 Å². The van der Waals surface area contributed by atoms with Gasteiger partial charge in [-0.05, 0) is 37.1 Å². The molecule has 0 spiro atoms. The van der Waals surface area contributed by atoms with Crippen LogP contribution in [0.5, 0.6) is 0 Å². The van der Waals surface area contributed by atoms with Crippen LogP contribution in [0, 0.1) is 18.6 Å². The first-order valence-electron chi connectivity index (χ1n) is 5.71. The highest BCUT2D eigenvalue weighted by Crippen LogP contribution is 2.29. The summed E-state index contributed by atoms with van der Waals surface area (Å²) in [6.07, 6.45) is 0.626. The van der Waals surface area contributed by atoms with Crippen LogP contribution in [0.25, 0.3) is 0 Å². The molecule has 3 heteroatoms. The molecule has 1 unspecified atom stereocenters. The van der Waals surface area contributed by atoms with Crippen LogP contribution >= 0.6 is 15.9 Å². The van der Waals surface area contributed by atoms with Gasteiger partial charge in [0.1, 0.15) is 11.6 Å². The first kappa shape index (κ1) is 13.2. The summed E-state index contributed by atoms with van der Waals surface area (Å²) in [7, 11) is 0. The van der Waals surface area contributed by atoms with Crippen molar-refractivity contribution in [2.24, 2.45) is 0 Å². The molecule has 0 N–H and O–H groups in total. The molecule has 0 amide bonds. The molecule has 0 aliphatic rings. The molecule has 2 rings (SSSR count). The summed E-state index contributed by atoms with van der Waals surface area (Å²) >= 11 is 3.49. The van der Waals surface area contributed by atoms with E-state index in [1.807, 2.05) is 13.0 Å². The Kier molecular flexibility index (Phi) is 4.12. The fourth-order valence-corrected chi connectivity index (χ4v) is 2.57. The van der Waals surface area contributed by atoms with Gasteiger partial charge in [-0.1, -0.05) is 45.8 Å². The fourth-order valence-electron chi connectivity index (χ4n) is 1.84. The second kappa shape index (κ2) is 5.61. The third-order valence-electron chi connectivity index (χ3n) is 2.82. The Labute approximate surface area is 114 Å². The number of halogens is 3. The minimum absolute atomic E-state index is 0.108. The van der Waals surface area contributed by atoms with Crippen LogP contribution in [0.3, 0.4) is 0 Å². The van der Waals surface area contributed by atoms with Crippen molar-refractivity contribution in [3.05, 3.63) is 70.8 Å². The summed E-state index contributed by atoms with van der Waals surface area (Å²) in [5, 5.41) is 0. The third kappa shape index (κ3) is 3.16. The van der Waals surface area contributed by atoms with Crippen molar-refractivity contribution in [3.8, 4) is 0 Å². The lowest BCUT2D eigenvalue weighted by molar-refractivity contribution is 0.607. The minimum atomic E-state index is -0.258. The lowest BCUT2D eigenvalue weighted by Crippen LogP contribution is -1.99. The zero-order chi connectivity index (χ0) is 13.1. The van der Waals surface area contributed by atoms with Gasteiger partial charge < -0.3 is 0 Å². The molecular weight excluding hydrogens is 298 g/mol. The number of hydrogen-bond donors (Lipinski definition) is 0.